The fourth-order valence-electron chi connectivity index (χ4n) is 2.19. The second-order valence-electron chi connectivity index (χ2n) is 3.79. The first kappa shape index (κ1) is 8.48. The molecule has 0 spiro atoms. The SMILES string of the molecule is Oc1ccc2c(c1)Cc1cccc(F)c1-2. The van der Waals surface area contributed by atoms with Crippen LogP contribution in [-0.4, -0.2) is 5.11 Å². The molecule has 1 N–H and O–H groups in total. The molecule has 0 aliphatic heterocycles. The molecular weight excluding hydrogens is 191 g/mol. The van der Waals surface area contributed by atoms with E-state index in [1.165, 1.54) is 6.07 Å². The third-order valence-electron chi connectivity index (χ3n) is 2.84. The van der Waals surface area contributed by atoms with E-state index in [0.29, 0.717) is 12.0 Å². The van der Waals surface area contributed by atoms with Gasteiger partial charge < -0.3 is 5.11 Å². The van der Waals surface area contributed by atoms with Gasteiger partial charge in [0.1, 0.15) is 11.6 Å². The van der Waals surface area contributed by atoms with Crippen LogP contribution in [0.3, 0.4) is 0 Å². The largest absolute Gasteiger partial charge is 0.508 e. The summed E-state index contributed by atoms with van der Waals surface area (Å²) in [5.74, 6) is 0.0545. The van der Waals surface area contributed by atoms with Gasteiger partial charge in [-0.25, -0.2) is 4.39 Å². The van der Waals surface area contributed by atoms with Gasteiger partial charge in [-0.1, -0.05) is 18.2 Å². The maximum absolute atomic E-state index is 13.6. The molecule has 0 saturated heterocycles. The highest BCUT2D eigenvalue weighted by Crippen LogP contribution is 2.39. The number of halogens is 1. The summed E-state index contributed by atoms with van der Waals surface area (Å²) in [5, 5.41) is 9.35. The Hall–Kier alpha value is -1.83. The fourth-order valence-corrected chi connectivity index (χ4v) is 2.19. The molecule has 0 unspecified atom stereocenters. The van der Waals surface area contributed by atoms with Crippen molar-refractivity contribution in [2.45, 2.75) is 6.42 Å². The molecular formula is C13H9FO. The molecule has 2 aromatic carbocycles. The minimum absolute atomic E-state index is 0.183. The number of fused-ring (bicyclic) bond motifs is 3. The maximum atomic E-state index is 13.6. The van der Waals surface area contributed by atoms with E-state index < -0.39 is 0 Å². The van der Waals surface area contributed by atoms with Gasteiger partial charge in [-0.05, 0) is 41.3 Å². The molecule has 0 amide bonds. The topological polar surface area (TPSA) is 20.2 Å². The Morgan fingerprint density at radius 2 is 1.93 bits per heavy atom. The first-order chi connectivity index (χ1) is 7.25. The van der Waals surface area contributed by atoms with Crippen molar-refractivity contribution in [3.63, 3.8) is 0 Å². The van der Waals surface area contributed by atoms with Crippen LogP contribution in [0.25, 0.3) is 11.1 Å². The molecule has 2 heteroatoms. The predicted octanol–water partition coefficient (Wildman–Crippen LogP) is 3.10. The van der Waals surface area contributed by atoms with Gasteiger partial charge in [0.05, 0.1) is 0 Å². The minimum Gasteiger partial charge on any atom is -0.508 e. The Balaban J connectivity index is 2.31. The Labute approximate surface area is 86.8 Å². The third kappa shape index (κ3) is 1.14. The molecule has 74 valence electrons. The molecule has 15 heavy (non-hydrogen) atoms. The Morgan fingerprint density at radius 1 is 1.07 bits per heavy atom. The molecule has 1 aliphatic rings. The smallest absolute Gasteiger partial charge is 0.131 e. The average molecular weight is 200 g/mol. The van der Waals surface area contributed by atoms with E-state index >= 15 is 0 Å². The molecule has 0 atom stereocenters. The molecule has 0 aromatic heterocycles. The maximum Gasteiger partial charge on any atom is 0.131 e. The quantitative estimate of drug-likeness (QED) is 0.591. The third-order valence-corrected chi connectivity index (χ3v) is 2.84. The fraction of sp³-hybridized carbons (Fsp3) is 0.0769. The van der Waals surface area contributed by atoms with Crippen LogP contribution in [0.4, 0.5) is 4.39 Å². The van der Waals surface area contributed by atoms with Crippen LogP contribution in [0.5, 0.6) is 5.75 Å². The van der Waals surface area contributed by atoms with E-state index in [1.54, 1.807) is 24.3 Å². The number of benzene rings is 2. The van der Waals surface area contributed by atoms with Crippen LogP contribution in [0.1, 0.15) is 11.1 Å². The number of aromatic hydroxyl groups is 1. The van der Waals surface area contributed by atoms with Crippen LogP contribution >= 0.6 is 0 Å². The molecule has 0 saturated carbocycles. The van der Waals surface area contributed by atoms with Gasteiger partial charge in [0, 0.05) is 5.56 Å². The van der Waals surface area contributed by atoms with Gasteiger partial charge in [-0.2, -0.15) is 0 Å². The molecule has 3 rings (SSSR count). The standard InChI is InChI=1S/C13H9FO/c14-12-3-1-2-8-6-9-7-10(15)4-5-11(9)13(8)12/h1-5,7,15H,6H2. The van der Waals surface area contributed by atoms with Gasteiger partial charge in [0.25, 0.3) is 0 Å². The highest BCUT2D eigenvalue weighted by Gasteiger charge is 2.21. The lowest BCUT2D eigenvalue weighted by atomic mass is 10.1. The van der Waals surface area contributed by atoms with Gasteiger partial charge in [0.15, 0.2) is 0 Å². The number of rotatable bonds is 0. The summed E-state index contributed by atoms with van der Waals surface area (Å²) < 4.78 is 13.6. The lowest BCUT2D eigenvalue weighted by Crippen LogP contribution is -1.83. The number of hydrogen-bond acceptors (Lipinski definition) is 1. The van der Waals surface area contributed by atoms with Crippen LogP contribution in [0.15, 0.2) is 36.4 Å². The van der Waals surface area contributed by atoms with Gasteiger partial charge in [-0.3, -0.25) is 0 Å². The number of phenols is 1. The molecule has 1 nitrogen and oxygen atoms in total. The lowest BCUT2D eigenvalue weighted by Gasteiger charge is -2.02. The van der Waals surface area contributed by atoms with Crippen molar-refractivity contribution in [3.05, 3.63) is 53.3 Å². The van der Waals surface area contributed by atoms with E-state index in [2.05, 4.69) is 0 Å². The Morgan fingerprint density at radius 3 is 2.80 bits per heavy atom. The van der Waals surface area contributed by atoms with Gasteiger partial charge >= 0.3 is 0 Å². The van der Waals surface area contributed by atoms with Crippen LogP contribution < -0.4 is 0 Å². The van der Waals surface area contributed by atoms with E-state index in [0.717, 1.165) is 16.7 Å². The lowest BCUT2D eigenvalue weighted by molar-refractivity contribution is 0.475. The normalized spacial score (nSPS) is 12.3. The zero-order chi connectivity index (χ0) is 10.4. The highest BCUT2D eigenvalue weighted by molar-refractivity contribution is 5.77. The summed E-state index contributed by atoms with van der Waals surface area (Å²) in [6, 6.07) is 10.2. The van der Waals surface area contributed by atoms with Crippen molar-refractivity contribution in [1.29, 1.82) is 0 Å². The highest BCUT2D eigenvalue weighted by atomic mass is 19.1. The van der Waals surface area contributed by atoms with Crippen molar-refractivity contribution in [2.75, 3.05) is 0 Å². The van der Waals surface area contributed by atoms with Crippen LogP contribution in [0.2, 0.25) is 0 Å². The zero-order valence-corrected chi connectivity index (χ0v) is 8.00. The minimum atomic E-state index is -0.183. The molecule has 0 bridgehead atoms. The average Bonchev–Trinajstić information content (AvgIpc) is 2.56. The first-order valence-corrected chi connectivity index (χ1v) is 4.85. The Bertz CT molecular complexity index is 546. The predicted molar refractivity (Wildman–Crippen MR) is 56.3 cm³/mol. The Kier molecular flexibility index (Phi) is 1.60. The molecule has 0 radical (unpaired) electrons. The summed E-state index contributed by atoms with van der Waals surface area (Å²) in [5.41, 5.74) is 3.58. The van der Waals surface area contributed by atoms with Crippen molar-refractivity contribution < 1.29 is 9.50 Å². The number of hydrogen-bond donors (Lipinski definition) is 1. The monoisotopic (exact) mass is 200 g/mol. The van der Waals surface area contributed by atoms with Gasteiger partial charge in [-0.15, -0.1) is 0 Å². The van der Waals surface area contributed by atoms with Crippen molar-refractivity contribution in [2.24, 2.45) is 0 Å². The van der Waals surface area contributed by atoms with Crippen LogP contribution in [-0.2, 0) is 6.42 Å². The van der Waals surface area contributed by atoms with Crippen molar-refractivity contribution in [3.8, 4) is 16.9 Å². The van der Waals surface area contributed by atoms with E-state index in [9.17, 15) is 9.50 Å². The summed E-state index contributed by atoms with van der Waals surface area (Å²) in [6.45, 7) is 0. The van der Waals surface area contributed by atoms with E-state index in [4.69, 9.17) is 0 Å². The molecule has 0 heterocycles. The second kappa shape index (κ2) is 2.83. The van der Waals surface area contributed by atoms with Crippen molar-refractivity contribution in [1.82, 2.24) is 0 Å². The number of phenolic OH excluding ortho intramolecular Hbond substituents is 1. The van der Waals surface area contributed by atoms with E-state index in [1.807, 2.05) is 6.07 Å². The molecule has 2 aromatic rings. The van der Waals surface area contributed by atoms with E-state index in [-0.39, 0.29) is 11.6 Å². The summed E-state index contributed by atoms with van der Waals surface area (Å²) in [6.07, 6.45) is 0.705. The molecule has 1 aliphatic carbocycles. The molecule has 0 fully saturated rings. The van der Waals surface area contributed by atoms with Gasteiger partial charge in [0.2, 0.25) is 0 Å². The second-order valence-corrected chi connectivity index (χ2v) is 3.79. The summed E-state index contributed by atoms with van der Waals surface area (Å²) in [4.78, 5) is 0. The first-order valence-electron chi connectivity index (χ1n) is 4.85. The summed E-state index contributed by atoms with van der Waals surface area (Å²) in [7, 11) is 0. The van der Waals surface area contributed by atoms with Crippen LogP contribution in [0, 0.1) is 5.82 Å². The van der Waals surface area contributed by atoms with Crippen molar-refractivity contribution >= 4 is 0 Å². The zero-order valence-electron chi connectivity index (χ0n) is 8.00. The summed E-state index contributed by atoms with van der Waals surface area (Å²) >= 11 is 0.